The number of anilines is 2. The molecule has 1 aliphatic carbocycles. The second-order valence-electron chi connectivity index (χ2n) is 10.1. The van der Waals surface area contributed by atoms with Gasteiger partial charge in [-0.2, -0.15) is 13.2 Å². The van der Waals surface area contributed by atoms with Gasteiger partial charge in [-0.1, -0.05) is 30.5 Å². The van der Waals surface area contributed by atoms with Gasteiger partial charge in [-0.05, 0) is 62.9 Å². The van der Waals surface area contributed by atoms with Gasteiger partial charge in [0, 0.05) is 37.8 Å². The van der Waals surface area contributed by atoms with Crippen LogP contribution in [0, 0.1) is 20.8 Å². The standard InChI is InChI=1S/C25H34N4O3S.C2HF3O2/c1-17-14-18(2)24(19(3)15-17)33(31,32)28-22-16-20(25(30)27-21-6-4-5-7-21)8-9-23(22)29-12-10-26-11-13-29;3-2(4,5)1(6)7/h8-9,14-16,21,26,28H,4-7,10-13H2,1-3H3,(H,27,30);(H,6,7). The van der Waals surface area contributed by atoms with Crippen LogP contribution in [0.3, 0.4) is 0 Å². The number of aryl methyl sites for hydroxylation is 3. The molecule has 0 atom stereocenters. The number of carboxylic acid groups (broad SMARTS) is 1. The first kappa shape index (κ1) is 31.2. The van der Waals surface area contributed by atoms with Crippen LogP contribution < -0.4 is 20.3 Å². The van der Waals surface area contributed by atoms with Gasteiger partial charge in [0.2, 0.25) is 0 Å². The minimum Gasteiger partial charge on any atom is -0.475 e. The highest BCUT2D eigenvalue weighted by Crippen LogP contribution is 2.32. The predicted octanol–water partition coefficient (Wildman–Crippen LogP) is 4.13. The third-order valence-electron chi connectivity index (χ3n) is 6.77. The topological polar surface area (TPSA) is 128 Å². The van der Waals surface area contributed by atoms with E-state index in [-0.39, 0.29) is 11.9 Å². The van der Waals surface area contributed by atoms with Gasteiger partial charge in [-0.25, -0.2) is 13.2 Å². The maximum Gasteiger partial charge on any atom is 0.490 e. The Morgan fingerprint density at radius 1 is 1.00 bits per heavy atom. The highest BCUT2D eigenvalue weighted by Gasteiger charge is 2.38. The summed E-state index contributed by atoms with van der Waals surface area (Å²) >= 11 is 0. The van der Waals surface area contributed by atoms with Crippen molar-refractivity contribution in [3.63, 3.8) is 0 Å². The maximum atomic E-state index is 13.5. The van der Waals surface area contributed by atoms with Crippen molar-refractivity contribution in [2.24, 2.45) is 0 Å². The summed E-state index contributed by atoms with van der Waals surface area (Å²) in [5.41, 5.74) is 4.14. The lowest BCUT2D eigenvalue weighted by Crippen LogP contribution is -2.43. The fraction of sp³-hybridized carbons (Fsp3) is 0.481. The van der Waals surface area contributed by atoms with E-state index in [9.17, 15) is 26.4 Å². The minimum absolute atomic E-state index is 0.156. The summed E-state index contributed by atoms with van der Waals surface area (Å²) in [4.78, 5) is 24.3. The normalized spacial score (nSPS) is 16.2. The van der Waals surface area contributed by atoms with Crippen LogP contribution in [0.1, 0.15) is 52.7 Å². The number of sulfonamides is 1. The molecule has 1 aliphatic heterocycles. The summed E-state index contributed by atoms with van der Waals surface area (Å²) in [6, 6.07) is 9.29. The Balaban J connectivity index is 0.000000559. The molecule has 1 amide bonds. The number of hydrogen-bond acceptors (Lipinski definition) is 6. The maximum absolute atomic E-state index is 13.5. The average Bonchev–Trinajstić information content (AvgIpc) is 3.36. The summed E-state index contributed by atoms with van der Waals surface area (Å²) in [7, 11) is -3.84. The number of piperazine rings is 1. The van der Waals surface area contributed by atoms with Crippen LogP contribution in [0.15, 0.2) is 35.2 Å². The van der Waals surface area contributed by atoms with Crippen LogP contribution in [-0.4, -0.2) is 63.8 Å². The lowest BCUT2D eigenvalue weighted by molar-refractivity contribution is -0.192. The van der Waals surface area contributed by atoms with E-state index in [0.717, 1.165) is 63.1 Å². The van der Waals surface area contributed by atoms with Crippen LogP contribution in [0.2, 0.25) is 0 Å². The number of amides is 1. The van der Waals surface area contributed by atoms with Crippen molar-refractivity contribution in [2.45, 2.75) is 63.6 Å². The largest absolute Gasteiger partial charge is 0.490 e. The fourth-order valence-corrected chi connectivity index (χ4v) is 6.59. The molecule has 2 aromatic rings. The van der Waals surface area contributed by atoms with Gasteiger partial charge in [-0.3, -0.25) is 9.52 Å². The van der Waals surface area contributed by atoms with Gasteiger partial charge >= 0.3 is 12.1 Å². The number of carbonyl (C=O) groups is 2. The number of nitrogens with zero attached hydrogens (tertiary/aromatic N) is 1. The molecule has 0 bridgehead atoms. The molecule has 4 N–H and O–H groups in total. The Labute approximate surface area is 232 Å². The second kappa shape index (κ2) is 12.9. The average molecular weight is 585 g/mol. The Hall–Kier alpha value is -3.32. The van der Waals surface area contributed by atoms with E-state index in [1.807, 2.05) is 39.0 Å². The molecule has 9 nitrogen and oxygen atoms in total. The molecule has 2 fully saturated rings. The highest BCUT2D eigenvalue weighted by molar-refractivity contribution is 7.92. The Bertz CT molecular complexity index is 1310. The summed E-state index contributed by atoms with van der Waals surface area (Å²) < 4.78 is 61.6. The third-order valence-corrected chi connectivity index (χ3v) is 8.44. The molecule has 0 aromatic heterocycles. The lowest BCUT2D eigenvalue weighted by atomic mass is 10.1. The molecule has 1 heterocycles. The van der Waals surface area contributed by atoms with Crippen LogP contribution in [0.5, 0.6) is 0 Å². The smallest absolute Gasteiger partial charge is 0.475 e. The van der Waals surface area contributed by atoms with Crippen molar-refractivity contribution in [3.8, 4) is 0 Å². The Kier molecular flexibility index (Phi) is 10.1. The van der Waals surface area contributed by atoms with Gasteiger partial charge in [0.25, 0.3) is 15.9 Å². The quantitative estimate of drug-likeness (QED) is 0.402. The molecule has 1 saturated carbocycles. The van der Waals surface area contributed by atoms with Gasteiger partial charge in [0.05, 0.1) is 16.3 Å². The molecule has 0 spiro atoms. The van der Waals surface area contributed by atoms with Gasteiger partial charge in [0.15, 0.2) is 0 Å². The van der Waals surface area contributed by atoms with Crippen molar-refractivity contribution in [3.05, 3.63) is 52.6 Å². The van der Waals surface area contributed by atoms with Crippen LogP contribution in [0.25, 0.3) is 0 Å². The van der Waals surface area contributed by atoms with Crippen LogP contribution >= 0.6 is 0 Å². The first-order valence-electron chi connectivity index (χ1n) is 13.0. The van der Waals surface area contributed by atoms with Crippen molar-refractivity contribution in [2.75, 3.05) is 35.8 Å². The number of carboxylic acids is 1. The van der Waals surface area contributed by atoms with Crippen molar-refractivity contribution < 1.29 is 36.3 Å². The SMILES string of the molecule is Cc1cc(C)c(S(=O)(=O)Nc2cc(C(=O)NC3CCCC3)ccc2N2CCNCC2)c(C)c1.O=C(O)C(F)(F)F. The molecule has 13 heteroatoms. The summed E-state index contributed by atoms with van der Waals surface area (Å²) in [5.74, 6) is -2.91. The lowest BCUT2D eigenvalue weighted by Gasteiger charge is -2.31. The van der Waals surface area contributed by atoms with E-state index in [0.29, 0.717) is 27.3 Å². The van der Waals surface area contributed by atoms with Crippen LogP contribution in [0.4, 0.5) is 24.5 Å². The van der Waals surface area contributed by atoms with E-state index in [2.05, 4.69) is 20.3 Å². The Morgan fingerprint density at radius 2 is 1.55 bits per heavy atom. The first-order valence-corrected chi connectivity index (χ1v) is 14.5. The zero-order valence-corrected chi connectivity index (χ0v) is 23.5. The van der Waals surface area contributed by atoms with Crippen molar-refractivity contribution >= 4 is 33.3 Å². The van der Waals surface area contributed by atoms with E-state index < -0.39 is 22.2 Å². The molecule has 4 rings (SSSR count). The molecular formula is C27H35F3N4O5S. The van der Waals surface area contributed by atoms with Crippen molar-refractivity contribution in [1.82, 2.24) is 10.6 Å². The van der Waals surface area contributed by atoms with Gasteiger partial charge in [0.1, 0.15) is 0 Å². The number of aliphatic carboxylic acids is 1. The number of carbonyl (C=O) groups excluding carboxylic acids is 1. The fourth-order valence-electron chi connectivity index (χ4n) is 5.07. The molecule has 0 unspecified atom stereocenters. The van der Waals surface area contributed by atoms with Crippen molar-refractivity contribution in [1.29, 1.82) is 0 Å². The summed E-state index contributed by atoms with van der Waals surface area (Å²) in [5, 5.41) is 13.5. The molecule has 2 aliphatic rings. The Morgan fingerprint density at radius 3 is 2.08 bits per heavy atom. The molecule has 2 aromatic carbocycles. The zero-order chi connectivity index (χ0) is 29.7. The number of hydrogen-bond donors (Lipinski definition) is 4. The van der Waals surface area contributed by atoms with E-state index in [4.69, 9.17) is 9.90 Å². The van der Waals surface area contributed by atoms with E-state index in [1.165, 1.54) is 0 Å². The number of rotatable bonds is 6. The number of halogens is 3. The van der Waals surface area contributed by atoms with E-state index >= 15 is 0 Å². The highest BCUT2D eigenvalue weighted by atomic mass is 32.2. The molecule has 220 valence electrons. The number of alkyl halides is 3. The summed E-state index contributed by atoms with van der Waals surface area (Å²) in [6.07, 6.45) is -0.827. The second-order valence-corrected chi connectivity index (χ2v) is 11.7. The van der Waals surface area contributed by atoms with Crippen LogP contribution in [-0.2, 0) is 14.8 Å². The third kappa shape index (κ3) is 8.10. The molecule has 1 saturated heterocycles. The molecule has 40 heavy (non-hydrogen) atoms. The monoisotopic (exact) mass is 584 g/mol. The summed E-state index contributed by atoms with van der Waals surface area (Å²) in [6.45, 7) is 8.78. The first-order chi connectivity index (χ1) is 18.7. The number of nitrogens with one attached hydrogen (secondary N) is 3. The van der Waals surface area contributed by atoms with Gasteiger partial charge < -0.3 is 20.6 Å². The molecule has 0 radical (unpaired) electrons. The minimum atomic E-state index is -5.08. The number of benzene rings is 2. The molecular weight excluding hydrogens is 549 g/mol. The zero-order valence-electron chi connectivity index (χ0n) is 22.7. The predicted molar refractivity (Wildman–Crippen MR) is 146 cm³/mol. The van der Waals surface area contributed by atoms with Gasteiger partial charge in [-0.15, -0.1) is 0 Å². The van der Waals surface area contributed by atoms with E-state index in [1.54, 1.807) is 12.1 Å².